The fourth-order valence-corrected chi connectivity index (χ4v) is 3.72. The molecule has 0 rings (SSSR count). The van der Waals surface area contributed by atoms with Crippen LogP contribution in [-0.4, -0.2) is 90.0 Å². The first-order valence-corrected chi connectivity index (χ1v) is 13.7. The highest BCUT2D eigenvalue weighted by Crippen LogP contribution is 2.08. The molecule has 0 heterocycles. The van der Waals surface area contributed by atoms with E-state index in [2.05, 4.69) is 25.9 Å². The number of carbonyl (C=O) groups excluding carboxylic acids is 3. The van der Waals surface area contributed by atoms with Gasteiger partial charge in [-0.3, -0.25) is 24.4 Å². The number of aliphatic imine (C=N–C) groups is 2. The van der Waals surface area contributed by atoms with Gasteiger partial charge in [0.25, 0.3) is 0 Å². The van der Waals surface area contributed by atoms with Gasteiger partial charge in [0, 0.05) is 13.1 Å². The SMILES string of the molecule is CSCCC(NC(=O)C(NC(=O)C(CCCN=C(N)N)NC(=O)C(N)CCCN=C(N)N)C(C)C)C(=O)O. The van der Waals surface area contributed by atoms with Crippen LogP contribution in [0.25, 0.3) is 0 Å². The van der Waals surface area contributed by atoms with Gasteiger partial charge in [0.15, 0.2) is 11.9 Å². The third kappa shape index (κ3) is 15.1. The topological polar surface area (TPSA) is 279 Å². The Balaban J connectivity index is 5.46. The van der Waals surface area contributed by atoms with Gasteiger partial charge in [0.05, 0.1) is 6.04 Å². The largest absolute Gasteiger partial charge is 0.480 e. The van der Waals surface area contributed by atoms with E-state index < -0.39 is 47.9 Å². The lowest BCUT2D eigenvalue weighted by Gasteiger charge is -2.27. The Morgan fingerprint density at radius 2 is 1.32 bits per heavy atom. The highest BCUT2D eigenvalue weighted by Gasteiger charge is 2.31. The molecule has 0 aromatic heterocycles. The lowest BCUT2D eigenvalue weighted by atomic mass is 10.0. The van der Waals surface area contributed by atoms with Gasteiger partial charge >= 0.3 is 5.97 Å². The summed E-state index contributed by atoms with van der Waals surface area (Å²) in [5.74, 6) is -3.00. The number of nitrogens with one attached hydrogen (secondary N) is 3. The Morgan fingerprint density at radius 1 is 0.789 bits per heavy atom. The van der Waals surface area contributed by atoms with Crippen molar-refractivity contribution < 1.29 is 24.3 Å². The molecule has 0 aromatic rings. The predicted octanol–water partition coefficient (Wildman–Crippen LogP) is -2.63. The molecule has 218 valence electrons. The lowest BCUT2D eigenvalue weighted by molar-refractivity contribution is -0.142. The van der Waals surface area contributed by atoms with Crippen LogP contribution in [0.5, 0.6) is 0 Å². The number of nitrogens with zero attached hydrogens (tertiary/aromatic N) is 2. The summed E-state index contributed by atoms with van der Waals surface area (Å²) in [6.45, 7) is 3.93. The number of rotatable bonds is 19. The second-order valence-electron chi connectivity index (χ2n) is 8.98. The maximum absolute atomic E-state index is 13.2. The Bertz CT molecular complexity index is 831. The molecule has 0 aliphatic heterocycles. The third-order valence-corrected chi connectivity index (χ3v) is 6.00. The van der Waals surface area contributed by atoms with Gasteiger partial charge in [-0.25, -0.2) is 4.79 Å². The minimum atomic E-state index is -1.17. The van der Waals surface area contributed by atoms with E-state index in [1.54, 1.807) is 13.8 Å². The first kappa shape index (κ1) is 34.7. The number of amides is 3. The summed E-state index contributed by atoms with van der Waals surface area (Å²) in [6, 6.07) is -4.10. The molecule has 4 unspecified atom stereocenters. The van der Waals surface area contributed by atoms with Crippen molar-refractivity contribution in [3.8, 4) is 0 Å². The van der Waals surface area contributed by atoms with Crippen LogP contribution in [0.2, 0.25) is 0 Å². The number of aliphatic carboxylic acids is 1. The maximum Gasteiger partial charge on any atom is 0.326 e. The molecule has 3 amide bonds. The van der Waals surface area contributed by atoms with Crippen LogP contribution in [0.15, 0.2) is 9.98 Å². The zero-order valence-electron chi connectivity index (χ0n) is 22.3. The average molecular weight is 561 g/mol. The van der Waals surface area contributed by atoms with E-state index in [4.69, 9.17) is 28.7 Å². The van der Waals surface area contributed by atoms with Gasteiger partial charge in [-0.05, 0) is 50.0 Å². The summed E-state index contributed by atoms with van der Waals surface area (Å²) in [5, 5.41) is 17.2. The molecule has 0 saturated heterocycles. The first-order chi connectivity index (χ1) is 17.8. The van der Waals surface area contributed by atoms with Crippen molar-refractivity contribution >= 4 is 47.4 Å². The van der Waals surface area contributed by atoms with Crippen LogP contribution < -0.4 is 44.6 Å². The van der Waals surface area contributed by atoms with Crippen LogP contribution >= 0.6 is 11.8 Å². The molecule has 0 radical (unpaired) electrons. The molecule has 0 aliphatic rings. The van der Waals surface area contributed by atoms with E-state index in [1.807, 2.05) is 6.26 Å². The molecule has 0 bridgehead atoms. The Labute approximate surface area is 227 Å². The summed E-state index contributed by atoms with van der Waals surface area (Å²) in [4.78, 5) is 58.0. The molecular weight excluding hydrogens is 516 g/mol. The van der Waals surface area contributed by atoms with Crippen LogP contribution in [0.4, 0.5) is 0 Å². The molecule has 0 spiro atoms. The van der Waals surface area contributed by atoms with E-state index in [1.165, 1.54) is 11.8 Å². The van der Waals surface area contributed by atoms with Crippen LogP contribution in [0.3, 0.4) is 0 Å². The van der Waals surface area contributed by atoms with Crippen LogP contribution in [-0.2, 0) is 19.2 Å². The van der Waals surface area contributed by atoms with Crippen molar-refractivity contribution in [1.82, 2.24) is 16.0 Å². The summed E-state index contributed by atoms with van der Waals surface area (Å²) in [6.07, 6.45) is 3.29. The molecule has 38 heavy (non-hydrogen) atoms. The predicted molar refractivity (Wildman–Crippen MR) is 149 cm³/mol. The second-order valence-corrected chi connectivity index (χ2v) is 9.96. The lowest BCUT2D eigenvalue weighted by Crippen LogP contribution is -2.58. The second kappa shape index (κ2) is 18.9. The summed E-state index contributed by atoms with van der Waals surface area (Å²) < 4.78 is 0. The fraction of sp³-hybridized carbons (Fsp3) is 0.727. The summed E-state index contributed by atoms with van der Waals surface area (Å²) >= 11 is 1.45. The minimum absolute atomic E-state index is 0.0665. The van der Waals surface area contributed by atoms with E-state index in [0.29, 0.717) is 25.1 Å². The molecular formula is C22H44N10O5S. The maximum atomic E-state index is 13.2. The normalized spacial score (nSPS) is 13.9. The van der Waals surface area contributed by atoms with Gasteiger partial charge in [-0.2, -0.15) is 11.8 Å². The van der Waals surface area contributed by atoms with Crippen molar-refractivity contribution in [2.24, 2.45) is 44.6 Å². The van der Waals surface area contributed by atoms with Gasteiger partial charge < -0.3 is 49.7 Å². The minimum Gasteiger partial charge on any atom is -0.480 e. The number of thioether (sulfide) groups is 1. The van der Waals surface area contributed by atoms with E-state index in [-0.39, 0.29) is 43.6 Å². The zero-order valence-corrected chi connectivity index (χ0v) is 23.1. The summed E-state index contributed by atoms with van der Waals surface area (Å²) in [5.41, 5.74) is 27.2. The zero-order chi connectivity index (χ0) is 29.3. The van der Waals surface area contributed by atoms with E-state index in [9.17, 15) is 24.3 Å². The Kier molecular flexibility index (Phi) is 17.3. The standard InChI is InChI=1S/C22H44N10O5S/c1-12(2)16(19(35)31-15(20(36)37)8-11-38-3)32-18(34)14(7-5-10-29-22(26)27)30-17(33)13(23)6-4-9-28-21(24)25/h12-16H,4-11,23H2,1-3H3,(H,30,33)(H,31,35)(H,32,34)(H,36,37)(H4,24,25,28)(H4,26,27,29). The molecule has 0 fully saturated rings. The van der Waals surface area contributed by atoms with Crippen molar-refractivity contribution in [2.75, 3.05) is 25.1 Å². The first-order valence-electron chi connectivity index (χ1n) is 12.3. The number of nitrogens with two attached hydrogens (primary N) is 5. The number of hydrogen-bond acceptors (Lipinski definition) is 8. The number of hydrogen-bond donors (Lipinski definition) is 9. The number of guanidine groups is 2. The molecule has 0 aliphatic carbocycles. The molecule has 15 nitrogen and oxygen atoms in total. The number of carbonyl (C=O) groups is 4. The van der Waals surface area contributed by atoms with E-state index >= 15 is 0 Å². The quantitative estimate of drug-likeness (QED) is 0.0447. The van der Waals surface area contributed by atoms with Gasteiger partial charge in [-0.15, -0.1) is 0 Å². The Hall–Kier alpha value is -3.27. The average Bonchev–Trinajstić information content (AvgIpc) is 2.83. The van der Waals surface area contributed by atoms with Gasteiger partial charge in [0.1, 0.15) is 18.1 Å². The highest BCUT2D eigenvalue weighted by atomic mass is 32.2. The van der Waals surface area contributed by atoms with Crippen molar-refractivity contribution in [2.45, 2.75) is 70.1 Å². The van der Waals surface area contributed by atoms with Gasteiger partial charge in [-0.1, -0.05) is 13.8 Å². The fourth-order valence-electron chi connectivity index (χ4n) is 3.24. The van der Waals surface area contributed by atoms with Crippen molar-refractivity contribution in [3.05, 3.63) is 0 Å². The summed E-state index contributed by atoms with van der Waals surface area (Å²) in [7, 11) is 0. The highest BCUT2D eigenvalue weighted by molar-refractivity contribution is 7.98. The molecule has 4 atom stereocenters. The monoisotopic (exact) mass is 560 g/mol. The van der Waals surface area contributed by atoms with E-state index in [0.717, 1.165) is 0 Å². The van der Waals surface area contributed by atoms with Crippen molar-refractivity contribution in [1.29, 1.82) is 0 Å². The molecule has 0 aromatic carbocycles. The number of carboxylic acids is 1. The smallest absolute Gasteiger partial charge is 0.326 e. The third-order valence-electron chi connectivity index (χ3n) is 5.35. The van der Waals surface area contributed by atoms with Crippen molar-refractivity contribution in [3.63, 3.8) is 0 Å². The number of carboxylic acid groups (broad SMARTS) is 1. The van der Waals surface area contributed by atoms with Crippen LogP contribution in [0, 0.1) is 5.92 Å². The van der Waals surface area contributed by atoms with Crippen LogP contribution in [0.1, 0.15) is 46.0 Å². The Morgan fingerprint density at radius 3 is 1.79 bits per heavy atom. The molecule has 14 N–H and O–H groups in total. The molecule has 16 heteroatoms. The molecule has 0 saturated carbocycles. The van der Waals surface area contributed by atoms with Gasteiger partial charge in [0.2, 0.25) is 17.7 Å².